The Morgan fingerprint density at radius 3 is 2.47 bits per heavy atom. The van der Waals surface area contributed by atoms with Crippen molar-refractivity contribution in [2.75, 3.05) is 0 Å². The molecule has 0 fully saturated rings. The van der Waals surface area contributed by atoms with Crippen molar-refractivity contribution in [1.29, 1.82) is 0 Å². The van der Waals surface area contributed by atoms with Crippen LogP contribution in [0, 0.1) is 24.0 Å². The second-order valence-corrected chi connectivity index (χ2v) is 3.75. The van der Waals surface area contributed by atoms with Gasteiger partial charge in [-0.15, -0.1) is 0 Å². The van der Waals surface area contributed by atoms with Crippen molar-refractivity contribution in [3.05, 3.63) is 51.6 Å². The Morgan fingerprint density at radius 2 is 1.80 bits per heavy atom. The summed E-state index contributed by atoms with van der Waals surface area (Å²) in [5, 5.41) is 12.7. The van der Waals surface area contributed by atoms with Gasteiger partial charge in [0.05, 0.1) is 4.92 Å². The van der Waals surface area contributed by atoms with Gasteiger partial charge in [0.25, 0.3) is 5.69 Å². The van der Waals surface area contributed by atoms with Crippen LogP contribution in [0.2, 0.25) is 0 Å². The zero-order valence-corrected chi connectivity index (χ0v) is 8.65. The number of rotatable bonds is 1. The first-order valence-corrected chi connectivity index (χ1v) is 4.73. The molecule has 15 heavy (non-hydrogen) atoms. The Labute approximate surface area is 87.5 Å². The lowest BCUT2D eigenvalue weighted by atomic mass is 10.0. The minimum atomic E-state index is -0.336. The predicted octanol–water partition coefficient (Wildman–Crippen LogP) is 3.36. The topological polar surface area (TPSA) is 43.1 Å². The predicted molar refractivity (Wildman–Crippen MR) is 60.1 cm³/mol. The summed E-state index contributed by atoms with van der Waals surface area (Å²) in [5.41, 5.74) is 2.00. The minimum Gasteiger partial charge on any atom is -0.258 e. The van der Waals surface area contributed by atoms with Crippen molar-refractivity contribution < 1.29 is 4.92 Å². The Hall–Kier alpha value is -1.90. The van der Waals surface area contributed by atoms with Crippen molar-refractivity contribution >= 4 is 16.5 Å². The molecule has 0 heterocycles. The van der Waals surface area contributed by atoms with E-state index in [2.05, 4.69) is 0 Å². The first kappa shape index (κ1) is 9.65. The highest BCUT2D eigenvalue weighted by atomic mass is 16.6. The number of nitrogens with zero attached hydrogens (tertiary/aromatic N) is 1. The lowest BCUT2D eigenvalue weighted by Gasteiger charge is -2.02. The summed E-state index contributed by atoms with van der Waals surface area (Å²) in [7, 11) is 0. The molecule has 0 saturated carbocycles. The fourth-order valence-electron chi connectivity index (χ4n) is 1.72. The Balaban J connectivity index is 2.77. The van der Waals surface area contributed by atoms with E-state index in [1.54, 1.807) is 13.0 Å². The van der Waals surface area contributed by atoms with Crippen LogP contribution in [0.3, 0.4) is 0 Å². The van der Waals surface area contributed by atoms with Gasteiger partial charge in [-0.3, -0.25) is 10.1 Å². The lowest BCUT2D eigenvalue weighted by Crippen LogP contribution is -1.91. The maximum Gasteiger partial charge on any atom is 0.272 e. The van der Waals surface area contributed by atoms with Crippen molar-refractivity contribution in [1.82, 2.24) is 0 Å². The van der Waals surface area contributed by atoms with Gasteiger partial charge < -0.3 is 0 Å². The Bertz CT molecular complexity index is 547. The molecule has 0 aromatic heterocycles. The number of benzene rings is 2. The van der Waals surface area contributed by atoms with E-state index in [0.29, 0.717) is 5.56 Å². The van der Waals surface area contributed by atoms with E-state index in [-0.39, 0.29) is 10.6 Å². The molecule has 0 N–H and O–H groups in total. The number of hydrogen-bond donors (Lipinski definition) is 0. The van der Waals surface area contributed by atoms with Gasteiger partial charge in [-0.25, -0.2) is 0 Å². The van der Waals surface area contributed by atoms with Crippen LogP contribution in [0.15, 0.2) is 30.3 Å². The zero-order chi connectivity index (χ0) is 11.0. The highest BCUT2D eigenvalue weighted by Crippen LogP contribution is 2.25. The number of nitro groups is 1. The molecule has 2 aromatic carbocycles. The van der Waals surface area contributed by atoms with Gasteiger partial charge in [-0.2, -0.15) is 0 Å². The number of nitro benzene ring substituents is 1. The molecule has 0 amide bonds. The standard InChI is InChI=1S/C12H11NO2/c1-8-3-4-10-6-9(2)12(13(14)15)7-11(10)5-8/h3-7H,1-2H3. The van der Waals surface area contributed by atoms with Crippen LogP contribution in [-0.2, 0) is 0 Å². The molecular formula is C12H11NO2. The van der Waals surface area contributed by atoms with Crippen molar-refractivity contribution in [3.8, 4) is 0 Å². The molecule has 2 aromatic rings. The van der Waals surface area contributed by atoms with Gasteiger partial charge in [-0.05, 0) is 30.7 Å². The third kappa shape index (κ3) is 1.68. The van der Waals surface area contributed by atoms with Gasteiger partial charge >= 0.3 is 0 Å². The summed E-state index contributed by atoms with van der Waals surface area (Å²) >= 11 is 0. The average molecular weight is 201 g/mol. The molecule has 0 atom stereocenters. The number of hydrogen-bond acceptors (Lipinski definition) is 2. The molecule has 0 spiro atoms. The SMILES string of the molecule is Cc1ccc2cc(C)c([N+](=O)[O-])cc2c1. The van der Waals surface area contributed by atoms with E-state index in [1.165, 1.54) is 0 Å². The molecule has 0 bridgehead atoms. The van der Waals surface area contributed by atoms with E-state index >= 15 is 0 Å². The molecule has 0 unspecified atom stereocenters. The maximum absolute atomic E-state index is 10.8. The Kier molecular flexibility index (Phi) is 2.15. The Morgan fingerprint density at radius 1 is 1.07 bits per heavy atom. The van der Waals surface area contributed by atoms with Crippen LogP contribution in [0.5, 0.6) is 0 Å². The second kappa shape index (κ2) is 3.35. The van der Waals surface area contributed by atoms with E-state index < -0.39 is 0 Å². The smallest absolute Gasteiger partial charge is 0.258 e. The van der Waals surface area contributed by atoms with Gasteiger partial charge in [0, 0.05) is 11.6 Å². The fourth-order valence-corrected chi connectivity index (χ4v) is 1.72. The highest BCUT2D eigenvalue weighted by molar-refractivity contribution is 5.86. The summed E-state index contributed by atoms with van der Waals surface area (Å²) < 4.78 is 0. The monoisotopic (exact) mass is 201 g/mol. The third-order valence-corrected chi connectivity index (χ3v) is 2.51. The first-order chi connectivity index (χ1) is 7.08. The zero-order valence-electron chi connectivity index (χ0n) is 8.65. The summed E-state index contributed by atoms with van der Waals surface area (Å²) in [6, 6.07) is 9.45. The fraction of sp³-hybridized carbons (Fsp3) is 0.167. The number of aryl methyl sites for hydroxylation is 2. The molecular weight excluding hydrogens is 190 g/mol. The van der Waals surface area contributed by atoms with Crippen molar-refractivity contribution in [3.63, 3.8) is 0 Å². The quantitative estimate of drug-likeness (QED) is 0.524. The van der Waals surface area contributed by atoms with E-state index in [4.69, 9.17) is 0 Å². The minimum absolute atomic E-state index is 0.188. The molecule has 0 radical (unpaired) electrons. The second-order valence-electron chi connectivity index (χ2n) is 3.75. The van der Waals surface area contributed by atoms with Crippen LogP contribution in [-0.4, -0.2) is 4.92 Å². The van der Waals surface area contributed by atoms with E-state index in [1.807, 2.05) is 31.2 Å². The average Bonchev–Trinajstić information content (AvgIpc) is 2.17. The van der Waals surface area contributed by atoms with Crippen molar-refractivity contribution in [2.45, 2.75) is 13.8 Å². The molecule has 0 aliphatic carbocycles. The lowest BCUT2D eigenvalue weighted by molar-refractivity contribution is -0.385. The molecule has 3 nitrogen and oxygen atoms in total. The summed E-state index contributed by atoms with van der Waals surface area (Å²) in [6.45, 7) is 3.74. The van der Waals surface area contributed by atoms with Gasteiger partial charge in [0.2, 0.25) is 0 Å². The highest BCUT2D eigenvalue weighted by Gasteiger charge is 2.10. The van der Waals surface area contributed by atoms with Crippen LogP contribution in [0.1, 0.15) is 11.1 Å². The summed E-state index contributed by atoms with van der Waals surface area (Å²) in [5.74, 6) is 0. The summed E-state index contributed by atoms with van der Waals surface area (Å²) in [6.07, 6.45) is 0. The molecule has 0 aliphatic heterocycles. The van der Waals surface area contributed by atoms with Gasteiger partial charge in [0.1, 0.15) is 0 Å². The molecule has 76 valence electrons. The molecule has 3 heteroatoms. The van der Waals surface area contributed by atoms with Crippen LogP contribution < -0.4 is 0 Å². The molecule has 2 rings (SSSR count). The number of fused-ring (bicyclic) bond motifs is 1. The van der Waals surface area contributed by atoms with Gasteiger partial charge in [-0.1, -0.05) is 23.8 Å². The normalized spacial score (nSPS) is 10.5. The van der Waals surface area contributed by atoms with Gasteiger partial charge in [0.15, 0.2) is 0 Å². The largest absolute Gasteiger partial charge is 0.272 e. The van der Waals surface area contributed by atoms with Crippen LogP contribution in [0.4, 0.5) is 5.69 Å². The molecule has 0 aliphatic rings. The van der Waals surface area contributed by atoms with Crippen LogP contribution >= 0.6 is 0 Å². The van der Waals surface area contributed by atoms with Crippen LogP contribution in [0.25, 0.3) is 10.8 Å². The first-order valence-electron chi connectivity index (χ1n) is 4.73. The van der Waals surface area contributed by atoms with E-state index in [0.717, 1.165) is 16.3 Å². The molecule has 0 saturated heterocycles. The van der Waals surface area contributed by atoms with E-state index in [9.17, 15) is 10.1 Å². The summed E-state index contributed by atoms with van der Waals surface area (Å²) in [4.78, 5) is 10.4. The maximum atomic E-state index is 10.8. The third-order valence-electron chi connectivity index (χ3n) is 2.51. The van der Waals surface area contributed by atoms with Crippen molar-refractivity contribution in [2.24, 2.45) is 0 Å².